The van der Waals surface area contributed by atoms with Crippen LogP contribution in [0, 0.1) is 0 Å². The van der Waals surface area contributed by atoms with E-state index in [-0.39, 0.29) is 16.7 Å². The van der Waals surface area contributed by atoms with Crippen LogP contribution in [0.15, 0.2) is 30.5 Å². The Morgan fingerprint density at radius 2 is 2.00 bits per heavy atom. The predicted molar refractivity (Wildman–Crippen MR) is 85.9 cm³/mol. The predicted octanol–water partition coefficient (Wildman–Crippen LogP) is 3.90. The SMILES string of the molecule is CN(Cc1ccc(Cl)cc1Cl)C(=O)c1cc(Cl)ncc1N. The number of anilines is 1. The maximum atomic E-state index is 12.4. The third-order valence-electron chi connectivity index (χ3n) is 2.90. The summed E-state index contributed by atoms with van der Waals surface area (Å²) in [5, 5.41) is 1.26. The van der Waals surface area contributed by atoms with E-state index in [1.165, 1.54) is 17.2 Å². The van der Waals surface area contributed by atoms with Crippen molar-refractivity contribution in [2.45, 2.75) is 6.54 Å². The lowest BCUT2D eigenvalue weighted by molar-refractivity contribution is 0.0786. The van der Waals surface area contributed by atoms with Crippen LogP contribution < -0.4 is 5.73 Å². The van der Waals surface area contributed by atoms with Crippen LogP contribution in [-0.4, -0.2) is 22.8 Å². The Labute approximate surface area is 137 Å². The second-order valence-corrected chi connectivity index (χ2v) is 5.72. The van der Waals surface area contributed by atoms with Crippen molar-refractivity contribution >= 4 is 46.4 Å². The van der Waals surface area contributed by atoms with E-state index in [1.807, 2.05) is 0 Å². The number of nitrogens with zero attached hydrogens (tertiary/aromatic N) is 2. The van der Waals surface area contributed by atoms with Gasteiger partial charge < -0.3 is 10.6 Å². The zero-order valence-corrected chi connectivity index (χ0v) is 13.4. The van der Waals surface area contributed by atoms with Crippen LogP contribution in [0.1, 0.15) is 15.9 Å². The number of hydrogen-bond donors (Lipinski definition) is 1. The monoisotopic (exact) mass is 343 g/mol. The molecular weight excluding hydrogens is 333 g/mol. The van der Waals surface area contributed by atoms with E-state index >= 15 is 0 Å². The summed E-state index contributed by atoms with van der Waals surface area (Å²) in [6.07, 6.45) is 1.36. The number of amides is 1. The van der Waals surface area contributed by atoms with E-state index in [1.54, 1.807) is 25.2 Å². The first-order chi connectivity index (χ1) is 9.88. The molecule has 1 heterocycles. The quantitative estimate of drug-likeness (QED) is 0.859. The van der Waals surface area contributed by atoms with Crippen LogP contribution in [0.25, 0.3) is 0 Å². The highest BCUT2D eigenvalue weighted by molar-refractivity contribution is 6.35. The van der Waals surface area contributed by atoms with E-state index in [0.29, 0.717) is 22.2 Å². The average Bonchev–Trinajstić information content (AvgIpc) is 2.43. The molecule has 4 nitrogen and oxygen atoms in total. The van der Waals surface area contributed by atoms with Gasteiger partial charge in [-0.3, -0.25) is 4.79 Å². The first-order valence-electron chi connectivity index (χ1n) is 5.99. The minimum atomic E-state index is -0.261. The van der Waals surface area contributed by atoms with Gasteiger partial charge in [-0.25, -0.2) is 4.98 Å². The fraction of sp³-hybridized carbons (Fsp3) is 0.143. The van der Waals surface area contributed by atoms with Crippen molar-refractivity contribution in [2.24, 2.45) is 0 Å². The summed E-state index contributed by atoms with van der Waals surface area (Å²) in [5.74, 6) is -0.261. The van der Waals surface area contributed by atoms with Gasteiger partial charge in [-0.1, -0.05) is 40.9 Å². The molecule has 2 rings (SSSR count). The molecule has 1 amide bonds. The fourth-order valence-electron chi connectivity index (χ4n) is 1.81. The Bertz CT molecular complexity index is 691. The van der Waals surface area contributed by atoms with Gasteiger partial charge in [0.05, 0.1) is 17.4 Å². The van der Waals surface area contributed by atoms with Crippen molar-refractivity contribution in [2.75, 3.05) is 12.8 Å². The zero-order valence-electron chi connectivity index (χ0n) is 11.1. The molecule has 21 heavy (non-hydrogen) atoms. The normalized spacial score (nSPS) is 10.5. The van der Waals surface area contributed by atoms with Gasteiger partial charge in [0.2, 0.25) is 0 Å². The number of benzene rings is 1. The number of halogens is 3. The van der Waals surface area contributed by atoms with Crippen LogP contribution in [-0.2, 0) is 6.54 Å². The fourth-order valence-corrected chi connectivity index (χ4v) is 2.43. The Kier molecular flexibility index (Phi) is 4.93. The second kappa shape index (κ2) is 6.52. The number of carbonyl (C=O) groups is 1. The van der Waals surface area contributed by atoms with E-state index in [4.69, 9.17) is 40.5 Å². The molecule has 0 aliphatic carbocycles. The van der Waals surface area contributed by atoms with Gasteiger partial charge in [0, 0.05) is 23.6 Å². The molecule has 0 radical (unpaired) electrons. The van der Waals surface area contributed by atoms with Crippen molar-refractivity contribution in [3.8, 4) is 0 Å². The average molecular weight is 345 g/mol. The standard InChI is InChI=1S/C14H12Cl3N3O/c1-20(7-8-2-3-9(15)4-11(8)16)14(21)10-5-13(17)19-6-12(10)18/h2-6H,7,18H2,1H3. The first kappa shape index (κ1) is 15.9. The Morgan fingerprint density at radius 1 is 1.29 bits per heavy atom. The Hall–Kier alpha value is -1.49. The Morgan fingerprint density at radius 3 is 2.67 bits per heavy atom. The molecule has 2 N–H and O–H groups in total. The highest BCUT2D eigenvalue weighted by Gasteiger charge is 2.17. The van der Waals surface area contributed by atoms with Crippen molar-refractivity contribution in [3.63, 3.8) is 0 Å². The van der Waals surface area contributed by atoms with Gasteiger partial charge in [0.25, 0.3) is 5.91 Å². The molecule has 2 aromatic rings. The first-order valence-corrected chi connectivity index (χ1v) is 7.12. The smallest absolute Gasteiger partial charge is 0.256 e. The van der Waals surface area contributed by atoms with Gasteiger partial charge in [0.15, 0.2) is 0 Å². The van der Waals surface area contributed by atoms with E-state index in [0.717, 1.165) is 5.56 Å². The number of aromatic nitrogens is 1. The minimum absolute atomic E-state index is 0.213. The molecule has 1 aromatic carbocycles. The molecule has 7 heteroatoms. The van der Waals surface area contributed by atoms with Crippen molar-refractivity contribution < 1.29 is 4.79 Å². The van der Waals surface area contributed by atoms with Crippen molar-refractivity contribution in [1.29, 1.82) is 0 Å². The number of carbonyl (C=O) groups excluding carboxylic acids is 1. The number of nitrogen functional groups attached to an aromatic ring is 1. The summed E-state index contributed by atoms with van der Waals surface area (Å²) in [6.45, 7) is 0.328. The summed E-state index contributed by atoms with van der Waals surface area (Å²) < 4.78 is 0. The number of pyridine rings is 1. The van der Waals surface area contributed by atoms with Gasteiger partial charge in [0.1, 0.15) is 5.15 Å². The van der Waals surface area contributed by atoms with Crippen LogP contribution in [0.3, 0.4) is 0 Å². The molecule has 1 aromatic heterocycles. The summed E-state index contributed by atoms with van der Waals surface area (Å²) in [7, 11) is 1.65. The van der Waals surface area contributed by atoms with E-state index in [9.17, 15) is 4.79 Å². The highest BCUT2D eigenvalue weighted by Crippen LogP contribution is 2.23. The molecule has 0 atom stereocenters. The summed E-state index contributed by atoms with van der Waals surface area (Å²) in [5.41, 5.74) is 7.13. The van der Waals surface area contributed by atoms with Crippen molar-refractivity contribution in [3.05, 3.63) is 56.8 Å². The maximum Gasteiger partial charge on any atom is 0.256 e. The molecule has 110 valence electrons. The number of nitrogens with two attached hydrogens (primary N) is 1. The molecular formula is C14H12Cl3N3O. The third-order valence-corrected chi connectivity index (χ3v) is 3.69. The van der Waals surface area contributed by atoms with Gasteiger partial charge in [-0.05, 0) is 23.8 Å². The lowest BCUT2D eigenvalue weighted by Gasteiger charge is -2.19. The summed E-state index contributed by atoms with van der Waals surface area (Å²) >= 11 is 17.7. The van der Waals surface area contributed by atoms with Gasteiger partial charge in [-0.2, -0.15) is 0 Å². The van der Waals surface area contributed by atoms with Crippen LogP contribution in [0.5, 0.6) is 0 Å². The molecule has 0 aliphatic rings. The zero-order chi connectivity index (χ0) is 15.6. The lowest BCUT2D eigenvalue weighted by Crippen LogP contribution is -2.27. The molecule has 0 aliphatic heterocycles. The highest BCUT2D eigenvalue weighted by atomic mass is 35.5. The largest absolute Gasteiger partial charge is 0.397 e. The molecule has 0 spiro atoms. The molecule has 0 saturated heterocycles. The molecule has 0 unspecified atom stereocenters. The second-order valence-electron chi connectivity index (χ2n) is 4.49. The number of rotatable bonds is 3. The lowest BCUT2D eigenvalue weighted by atomic mass is 10.1. The maximum absolute atomic E-state index is 12.4. The van der Waals surface area contributed by atoms with Crippen LogP contribution >= 0.6 is 34.8 Å². The van der Waals surface area contributed by atoms with E-state index < -0.39 is 0 Å². The van der Waals surface area contributed by atoms with Crippen LogP contribution in [0.2, 0.25) is 15.2 Å². The molecule has 0 bridgehead atoms. The van der Waals surface area contributed by atoms with Gasteiger partial charge in [-0.15, -0.1) is 0 Å². The summed E-state index contributed by atoms with van der Waals surface area (Å²) in [4.78, 5) is 17.7. The minimum Gasteiger partial charge on any atom is -0.397 e. The van der Waals surface area contributed by atoms with E-state index in [2.05, 4.69) is 4.98 Å². The summed E-state index contributed by atoms with van der Waals surface area (Å²) in [6, 6.07) is 6.57. The van der Waals surface area contributed by atoms with Crippen molar-refractivity contribution in [1.82, 2.24) is 9.88 Å². The van der Waals surface area contributed by atoms with Gasteiger partial charge >= 0.3 is 0 Å². The number of hydrogen-bond acceptors (Lipinski definition) is 3. The molecule has 0 saturated carbocycles. The van der Waals surface area contributed by atoms with Crippen LogP contribution in [0.4, 0.5) is 5.69 Å². The molecule has 0 fully saturated rings. The Balaban J connectivity index is 2.21. The topological polar surface area (TPSA) is 59.2 Å². The third kappa shape index (κ3) is 3.79.